The summed E-state index contributed by atoms with van der Waals surface area (Å²) in [5.41, 5.74) is 6.61. The normalized spacial score (nSPS) is 16.3. The van der Waals surface area contributed by atoms with Gasteiger partial charge in [-0.15, -0.1) is 0 Å². The third kappa shape index (κ3) is 4.26. The summed E-state index contributed by atoms with van der Waals surface area (Å²) < 4.78 is 0. The van der Waals surface area contributed by atoms with E-state index in [9.17, 15) is 4.79 Å². The molecule has 33 heavy (non-hydrogen) atoms. The Labute approximate surface area is 196 Å². The average molecular weight is 444 g/mol. The lowest BCUT2D eigenvalue weighted by atomic mass is 9.94. The van der Waals surface area contributed by atoms with Crippen LogP contribution in [0.1, 0.15) is 48.8 Å². The van der Waals surface area contributed by atoms with Crippen LogP contribution in [0.5, 0.6) is 0 Å². The fourth-order valence-corrected chi connectivity index (χ4v) is 5.09. The molecule has 1 N–H and O–H groups in total. The maximum Gasteiger partial charge on any atom is 0.230 e. The second-order valence-corrected chi connectivity index (χ2v) is 9.48. The van der Waals surface area contributed by atoms with Crippen molar-refractivity contribution in [3.05, 3.63) is 59.2 Å². The first-order chi connectivity index (χ1) is 16.0. The zero-order chi connectivity index (χ0) is 22.9. The highest BCUT2D eigenvalue weighted by Gasteiger charge is 2.33. The molecule has 2 aliphatic rings. The number of pyridine rings is 1. The minimum Gasteiger partial charge on any atom is -0.357 e. The molecule has 4 heterocycles. The van der Waals surface area contributed by atoms with Crippen LogP contribution in [0.25, 0.3) is 11.3 Å². The molecule has 0 saturated carbocycles. The number of amides is 1. The monoisotopic (exact) mass is 443 g/mol. The topological polar surface area (TPSA) is 65.1 Å². The maximum atomic E-state index is 13.7. The van der Waals surface area contributed by atoms with E-state index in [-0.39, 0.29) is 11.8 Å². The Morgan fingerprint density at radius 2 is 1.88 bits per heavy atom. The smallest absolute Gasteiger partial charge is 0.230 e. The lowest BCUT2D eigenvalue weighted by Crippen LogP contribution is -2.43. The average Bonchev–Trinajstić information content (AvgIpc) is 3.17. The summed E-state index contributed by atoms with van der Waals surface area (Å²) in [6.07, 6.45) is 6.45. The fourth-order valence-electron chi connectivity index (χ4n) is 5.09. The van der Waals surface area contributed by atoms with E-state index in [0.717, 1.165) is 79.5 Å². The van der Waals surface area contributed by atoms with Crippen LogP contribution in [-0.4, -0.2) is 40.5 Å². The van der Waals surface area contributed by atoms with Crippen molar-refractivity contribution in [1.29, 1.82) is 0 Å². The molecule has 1 fully saturated rings. The van der Waals surface area contributed by atoms with E-state index in [1.807, 2.05) is 11.1 Å². The second kappa shape index (κ2) is 9.00. The number of aryl methyl sites for hydroxylation is 3. The molecule has 2 aliphatic heterocycles. The zero-order valence-corrected chi connectivity index (χ0v) is 19.9. The summed E-state index contributed by atoms with van der Waals surface area (Å²) >= 11 is 0. The van der Waals surface area contributed by atoms with Gasteiger partial charge in [-0.25, -0.2) is 9.97 Å². The van der Waals surface area contributed by atoms with Crippen LogP contribution < -0.4 is 9.80 Å². The zero-order valence-electron chi connectivity index (χ0n) is 19.9. The number of aromatic amines is 1. The number of nitrogens with one attached hydrogen (secondary N) is 1. The SMILES string of the molecule is CCCc1nc2c([nH]1)CCN(C(=O)C1CCN(c3ccc(C)cn3)CC1)c1ccc(C)cc1-2. The lowest BCUT2D eigenvalue weighted by Gasteiger charge is -2.35. The number of H-pyrrole nitrogens is 1. The molecular weight excluding hydrogens is 410 g/mol. The van der Waals surface area contributed by atoms with E-state index >= 15 is 0 Å². The summed E-state index contributed by atoms with van der Waals surface area (Å²) in [6.45, 7) is 8.75. The number of aromatic nitrogens is 3. The number of rotatable bonds is 4. The van der Waals surface area contributed by atoms with E-state index in [4.69, 9.17) is 4.98 Å². The van der Waals surface area contributed by atoms with E-state index in [1.165, 1.54) is 11.1 Å². The number of hydrogen-bond acceptors (Lipinski definition) is 4. The Kier molecular flexibility index (Phi) is 5.92. The van der Waals surface area contributed by atoms with Crippen molar-refractivity contribution in [3.8, 4) is 11.3 Å². The minimum atomic E-state index is 0.0425. The standard InChI is InChI=1S/C27H33N5O/c1-4-5-24-29-22-12-15-32(23-8-6-18(2)16-21(23)26(22)30-24)27(33)20-10-13-31(14-11-20)25-9-7-19(3)17-28-25/h6-9,16-17,20H,4-5,10-15H2,1-3H3,(H,29,30). The van der Waals surface area contributed by atoms with Crippen LogP contribution in [0.2, 0.25) is 0 Å². The summed E-state index contributed by atoms with van der Waals surface area (Å²) in [4.78, 5) is 31.1. The molecule has 5 rings (SSSR count). The molecule has 0 radical (unpaired) electrons. The number of nitrogens with zero attached hydrogens (tertiary/aromatic N) is 4. The molecule has 172 valence electrons. The van der Waals surface area contributed by atoms with Crippen molar-refractivity contribution in [2.24, 2.45) is 5.92 Å². The van der Waals surface area contributed by atoms with Crippen molar-refractivity contribution in [2.75, 3.05) is 29.4 Å². The summed E-state index contributed by atoms with van der Waals surface area (Å²) in [5, 5.41) is 0. The second-order valence-electron chi connectivity index (χ2n) is 9.48. The molecule has 1 amide bonds. The van der Waals surface area contributed by atoms with Crippen molar-refractivity contribution < 1.29 is 4.79 Å². The molecule has 1 saturated heterocycles. The van der Waals surface area contributed by atoms with E-state index in [2.05, 4.69) is 66.0 Å². The van der Waals surface area contributed by atoms with Gasteiger partial charge in [0.05, 0.1) is 11.4 Å². The van der Waals surface area contributed by atoms with Crippen LogP contribution in [0.4, 0.5) is 11.5 Å². The Morgan fingerprint density at radius 1 is 1.09 bits per heavy atom. The molecule has 0 bridgehead atoms. The largest absolute Gasteiger partial charge is 0.357 e. The van der Waals surface area contributed by atoms with Gasteiger partial charge in [-0.3, -0.25) is 4.79 Å². The highest BCUT2D eigenvalue weighted by atomic mass is 16.2. The van der Waals surface area contributed by atoms with Crippen molar-refractivity contribution in [3.63, 3.8) is 0 Å². The minimum absolute atomic E-state index is 0.0425. The van der Waals surface area contributed by atoms with Crippen LogP contribution in [-0.2, 0) is 17.6 Å². The first kappa shape index (κ1) is 21.7. The number of carbonyl (C=O) groups excluding carboxylic acids is 1. The van der Waals surface area contributed by atoms with Crippen LogP contribution in [0.15, 0.2) is 36.5 Å². The summed E-state index contributed by atoms with van der Waals surface area (Å²) in [5.74, 6) is 2.35. The molecule has 1 aromatic carbocycles. The number of fused-ring (bicyclic) bond motifs is 3. The molecule has 6 heteroatoms. The maximum absolute atomic E-state index is 13.7. The number of benzene rings is 1. The Balaban J connectivity index is 1.37. The van der Waals surface area contributed by atoms with Gasteiger partial charge in [0.15, 0.2) is 0 Å². The van der Waals surface area contributed by atoms with Gasteiger partial charge in [0.1, 0.15) is 11.6 Å². The molecule has 0 aliphatic carbocycles. The van der Waals surface area contributed by atoms with Crippen molar-refractivity contribution in [2.45, 2.75) is 52.9 Å². The molecular formula is C27H33N5O. The third-order valence-corrected chi connectivity index (χ3v) is 6.93. The van der Waals surface area contributed by atoms with Gasteiger partial charge in [0.25, 0.3) is 0 Å². The van der Waals surface area contributed by atoms with E-state index in [1.54, 1.807) is 0 Å². The van der Waals surface area contributed by atoms with Gasteiger partial charge >= 0.3 is 0 Å². The quantitative estimate of drug-likeness (QED) is 0.626. The summed E-state index contributed by atoms with van der Waals surface area (Å²) in [7, 11) is 0. The molecule has 0 atom stereocenters. The number of carbonyl (C=O) groups is 1. The summed E-state index contributed by atoms with van der Waals surface area (Å²) in [6, 6.07) is 10.6. The van der Waals surface area contributed by atoms with Gasteiger partial charge in [0, 0.05) is 55.8 Å². The predicted octanol–water partition coefficient (Wildman–Crippen LogP) is 4.85. The molecule has 3 aromatic rings. The highest BCUT2D eigenvalue weighted by molar-refractivity contribution is 5.99. The number of imidazole rings is 1. The van der Waals surface area contributed by atoms with Gasteiger partial charge < -0.3 is 14.8 Å². The highest BCUT2D eigenvalue weighted by Crippen LogP contribution is 2.37. The van der Waals surface area contributed by atoms with Crippen molar-refractivity contribution in [1.82, 2.24) is 15.0 Å². The van der Waals surface area contributed by atoms with Crippen LogP contribution in [0, 0.1) is 19.8 Å². The van der Waals surface area contributed by atoms with Crippen molar-refractivity contribution >= 4 is 17.4 Å². The predicted molar refractivity (Wildman–Crippen MR) is 133 cm³/mol. The molecule has 0 spiro atoms. The Hall–Kier alpha value is -3.15. The lowest BCUT2D eigenvalue weighted by molar-refractivity contribution is -0.123. The Bertz CT molecular complexity index is 1140. The number of piperidine rings is 1. The number of anilines is 2. The van der Waals surface area contributed by atoms with Gasteiger partial charge in [-0.2, -0.15) is 0 Å². The van der Waals surface area contributed by atoms with E-state index in [0.29, 0.717) is 6.54 Å². The van der Waals surface area contributed by atoms with Gasteiger partial charge in [0.2, 0.25) is 5.91 Å². The molecule has 6 nitrogen and oxygen atoms in total. The van der Waals surface area contributed by atoms with Gasteiger partial charge in [-0.1, -0.05) is 24.6 Å². The first-order valence-electron chi connectivity index (χ1n) is 12.2. The van der Waals surface area contributed by atoms with Gasteiger partial charge in [-0.05, 0) is 56.9 Å². The van der Waals surface area contributed by atoms with E-state index < -0.39 is 0 Å². The molecule has 2 aromatic heterocycles. The molecule has 0 unspecified atom stereocenters. The first-order valence-corrected chi connectivity index (χ1v) is 12.2. The van der Waals surface area contributed by atoms with Crippen LogP contribution >= 0.6 is 0 Å². The van der Waals surface area contributed by atoms with Crippen LogP contribution in [0.3, 0.4) is 0 Å². The Morgan fingerprint density at radius 3 is 2.61 bits per heavy atom. The number of hydrogen-bond donors (Lipinski definition) is 1. The third-order valence-electron chi connectivity index (χ3n) is 6.93. The fraction of sp³-hybridized carbons (Fsp3) is 0.444.